The van der Waals surface area contributed by atoms with E-state index in [1.165, 1.54) is 157 Å². The van der Waals surface area contributed by atoms with Gasteiger partial charge in [0.05, 0.1) is 49.1 Å². The maximum Gasteiger partial charge on any atom is 0.335 e. The van der Waals surface area contributed by atoms with Crippen LogP contribution in [0.1, 0.15) is 207 Å². The van der Waals surface area contributed by atoms with Gasteiger partial charge in [-0.2, -0.15) is 0 Å². The summed E-state index contributed by atoms with van der Waals surface area (Å²) in [5, 5.41) is 23.3. The molecule has 0 bridgehead atoms. The molecule has 92 heavy (non-hydrogen) atoms. The van der Waals surface area contributed by atoms with E-state index in [1.807, 2.05) is 48.5 Å². The number of nitrogens with one attached hydrogen (secondary N) is 5. The van der Waals surface area contributed by atoms with E-state index in [1.54, 1.807) is 48.2 Å². The highest BCUT2D eigenvalue weighted by atomic mass is 35.6. The maximum absolute atomic E-state index is 13.0. The fourth-order valence-electron chi connectivity index (χ4n) is 11.7. The minimum atomic E-state index is -3.86. The zero-order chi connectivity index (χ0) is 62.6. The summed E-state index contributed by atoms with van der Waals surface area (Å²) in [7, 11) is -3.86. The van der Waals surface area contributed by atoms with Gasteiger partial charge in [-0.3, -0.25) is 24.0 Å². The van der Waals surface area contributed by atoms with Crippen LogP contribution in [-0.2, 0) is 9.84 Å². The number of hydrogen-bond acceptors (Lipinski definition) is 11. The highest BCUT2D eigenvalue weighted by molar-refractivity contribution is 8.00. The van der Waals surface area contributed by atoms with Gasteiger partial charge in [0.25, 0.3) is 29.5 Å². The topological polar surface area (TPSA) is 243 Å². The number of fused-ring (bicyclic) bond motifs is 6. The van der Waals surface area contributed by atoms with Gasteiger partial charge in [0, 0.05) is 43.8 Å². The van der Waals surface area contributed by atoms with Crippen molar-refractivity contribution in [3.05, 3.63) is 161 Å². The van der Waals surface area contributed by atoms with E-state index < -0.39 is 26.0 Å². The largest absolute Gasteiger partial charge is 0.478 e. The van der Waals surface area contributed by atoms with Crippen molar-refractivity contribution in [3.8, 4) is 0 Å². The first-order valence-electron chi connectivity index (χ1n) is 30.1. The Balaban J connectivity index is 0.000000266. The zero-order valence-corrected chi connectivity index (χ0v) is 53.6. The van der Waals surface area contributed by atoms with Gasteiger partial charge >= 0.3 is 5.97 Å². The van der Waals surface area contributed by atoms with Crippen LogP contribution in [0.3, 0.4) is 0 Å². The molecule has 21 heteroatoms. The Morgan fingerprint density at radius 2 is 0.837 bits per heavy atom. The van der Waals surface area contributed by atoms with Crippen molar-refractivity contribution in [2.45, 2.75) is 179 Å². The van der Waals surface area contributed by atoms with Gasteiger partial charge in [-0.15, -0.1) is 0 Å². The lowest BCUT2D eigenvalue weighted by Crippen LogP contribution is -2.26. The van der Waals surface area contributed by atoms with Crippen molar-refractivity contribution in [2.75, 3.05) is 35.6 Å². The van der Waals surface area contributed by atoms with Gasteiger partial charge in [-0.25, -0.2) is 13.2 Å². The van der Waals surface area contributed by atoms with Crippen LogP contribution in [0.5, 0.6) is 0 Å². The number of aromatic carboxylic acids is 1. The molecule has 12 rings (SSSR count). The summed E-state index contributed by atoms with van der Waals surface area (Å²) in [6, 6.07) is 35.5. The van der Waals surface area contributed by atoms with E-state index in [0.29, 0.717) is 52.6 Å². The molecule has 6 aromatic carbocycles. The van der Waals surface area contributed by atoms with Crippen molar-refractivity contribution in [1.82, 2.24) is 10.6 Å². The summed E-state index contributed by atoms with van der Waals surface area (Å²) in [5.74, 6) is 0.187. The molecule has 6 aromatic rings. The van der Waals surface area contributed by atoms with E-state index >= 15 is 0 Å². The highest BCUT2D eigenvalue weighted by Crippen LogP contribution is 2.41. The third-order valence-electron chi connectivity index (χ3n) is 16.3. The minimum absolute atomic E-state index is 0. The van der Waals surface area contributed by atoms with Crippen LogP contribution in [0.2, 0.25) is 0 Å². The van der Waals surface area contributed by atoms with Crippen LogP contribution in [0.4, 0.5) is 17.1 Å². The molecule has 0 radical (unpaired) electrons. The number of benzene rings is 6. The van der Waals surface area contributed by atoms with E-state index in [-0.39, 0.29) is 79.9 Å². The molecule has 5 amide bonds. The summed E-state index contributed by atoms with van der Waals surface area (Å²) in [6.07, 6.45) is 23.4. The van der Waals surface area contributed by atoms with Crippen LogP contribution >= 0.6 is 58.3 Å². The van der Waals surface area contributed by atoms with Crippen LogP contribution in [-0.4, -0.2) is 73.0 Å². The SMILES string of the molecule is C.C.C.C.ClC(Cl)Cl.NCCC1CCCCC1.O=C(NCCC1CCCCC1)c1ccc2c(c1)NC(=O)c1ccccc1S2.O=C(NCCC1CCCCC1)c1ccc2c(c1)NC(=O)c1ccccc1S2(=O)=O.O=C(O)c1ccc2c(c1)NC(=O)c1ccccc1S2. The minimum Gasteiger partial charge on any atom is -0.478 e. The fraction of sp³-hybridized carbons (Fsp3) is 0.408. The summed E-state index contributed by atoms with van der Waals surface area (Å²) in [6.45, 7) is 2.20. The summed E-state index contributed by atoms with van der Waals surface area (Å²) < 4.78 is 25.2. The summed E-state index contributed by atoms with van der Waals surface area (Å²) in [5.41, 5.74) is 9.25. The van der Waals surface area contributed by atoms with E-state index in [0.717, 1.165) is 50.8 Å². The number of amides is 5. The first-order chi connectivity index (χ1) is 42.5. The smallest absolute Gasteiger partial charge is 0.335 e. The molecule has 3 heterocycles. The van der Waals surface area contributed by atoms with Crippen LogP contribution in [0.25, 0.3) is 0 Å². The predicted molar refractivity (Wildman–Crippen MR) is 379 cm³/mol. The second-order valence-electron chi connectivity index (χ2n) is 22.4. The van der Waals surface area contributed by atoms with Crippen molar-refractivity contribution in [2.24, 2.45) is 23.5 Å². The second kappa shape index (κ2) is 38.7. The zero-order valence-electron chi connectivity index (χ0n) is 48.9. The Labute approximate surface area is 568 Å². The molecule has 6 aliphatic rings. The Morgan fingerprint density at radius 3 is 1.28 bits per heavy atom. The van der Waals surface area contributed by atoms with Crippen LogP contribution in [0.15, 0.2) is 157 Å². The Bertz CT molecular complexity index is 3550. The molecule has 3 saturated carbocycles. The number of sulfone groups is 1. The number of carboxylic acids is 1. The first-order valence-corrected chi connectivity index (χ1v) is 34.6. The average molecular weight is 1380 g/mol. The number of carbonyl (C=O) groups excluding carboxylic acids is 5. The van der Waals surface area contributed by atoms with E-state index in [4.69, 9.17) is 45.6 Å². The predicted octanol–water partition coefficient (Wildman–Crippen LogP) is 18.4. The molecular formula is C71H91Cl3N6O9S3. The third-order valence-corrected chi connectivity index (χ3v) is 20.5. The molecule has 0 aromatic heterocycles. The van der Waals surface area contributed by atoms with Crippen molar-refractivity contribution < 1.29 is 42.3 Å². The normalized spacial score (nSPS) is 15.9. The molecule has 3 aliphatic carbocycles. The lowest BCUT2D eigenvalue weighted by molar-refractivity contribution is 0.0695. The molecule has 3 fully saturated rings. The maximum atomic E-state index is 13.0. The van der Waals surface area contributed by atoms with E-state index in [9.17, 15) is 37.2 Å². The number of anilines is 3. The van der Waals surface area contributed by atoms with Gasteiger partial charge in [0.2, 0.25) is 9.84 Å². The molecular weight excluding hydrogens is 1280 g/mol. The fourth-order valence-corrected chi connectivity index (χ4v) is 15.3. The number of nitrogens with two attached hydrogens (primary N) is 1. The van der Waals surface area contributed by atoms with Crippen LogP contribution < -0.4 is 32.3 Å². The highest BCUT2D eigenvalue weighted by Gasteiger charge is 2.32. The van der Waals surface area contributed by atoms with Gasteiger partial charge in [-0.05, 0) is 135 Å². The van der Waals surface area contributed by atoms with Gasteiger partial charge in [0.15, 0.2) is 4.30 Å². The molecule has 498 valence electrons. The molecule has 3 aliphatic heterocycles. The molecule has 15 nitrogen and oxygen atoms in total. The third kappa shape index (κ3) is 22.1. The molecule has 0 spiro atoms. The number of carbonyl (C=O) groups is 6. The lowest BCUT2D eigenvalue weighted by atomic mass is 9.87. The Kier molecular flexibility index (Phi) is 32.9. The van der Waals surface area contributed by atoms with Gasteiger partial charge in [0.1, 0.15) is 0 Å². The summed E-state index contributed by atoms with van der Waals surface area (Å²) in [4.78, 5) is 76.6. The summed E-state index contributed by atoms with van der Waals surface area (Å²) >= 11 is 17.4. The number of hydrogen-bond donors (Lipinski definition) is 7. The van der Waals surface area contributed by atoms with Crippen molar-refractivity contribution >= 4 is 121 Å². The number of halogens is 3. The van der Waals surface area contributed by atoms with Crippen molar-refractivity contribution in [3.63, 3.8) is 0 Å². The number of rotatable bonds is 11. The average Bonchev–Trinajstić information content (AvgIpc) is 1.60. The number of alkyl halides is 3. The monoisotopic (exact) mass is 1370 g/mol. The standard InChI is InChI=1S/C22H24N2O4S.C22H24N2O2S.C14H9NO3S.C8H17N.CHCl3.4CH4/c25-21(23-13-12-15-6-2-1-3-7-15)16-10-11-20-18(14-16)24-22(26)17-8-4-5-9-19(17)29(20,27)28;25-21(23-13-12-15-6-2-1-3-7-15)16-10-11-20-18(14-16)24-22(26)17-8-4-5-9-19(17)27-20;16-13-9-3-1-2-4-11(9)19-12-6-5-8(14(17)18)7-10(12)15-13;9-7-6-8-4-2-1-3-5-8;2-1(3)4;;;;/h4-5,8-11,14-15H,1-3,6-7,12-13H2,(H,23,25)(H,24,26);4-5,8-11,14-15H,1-3,6-7,12-13H2,(H,23,25)(H,24,26);1-7H,(H,15,16)(H,17,18);8H,1-7,9H2;1H;4*1H4. The van der Waals surface area contributed by atoms with Crippen LogP contribution in [0, 0.1) is 17.8 Å². The molecule has 0 saturated heterocycles. The van der Waals surface area contributed by atoms with Crippen molar-refractivity contribution in [1.29, 1.82) is 0 Å². The first kappa shape index (κ1) is 78.1. The Morgan fingerprint density at radius 1 is 0.478 bits per heavy atom. The van der Waals surface area contributed by atoms with Gasteiger partial charge < -0.3 is 37.4 Å². The molecule has 8 N–H and O–H groups in total. The molecule has 0 atom stereocenters. The van der Waals surface area contributed by atoms with Gasteiger partial charge in [-0.1, -0.05) is 221 Å². The molecule has 0 unspecified atom stereocenters. The lowest BCUT2D eigenvalue weighted by Gasteiger charge is -2.21. The Hall–Kier alpha value is -6.38. The number of carboxylic acid groups (broad SMARTS) is 1. The van der Waals surface area contributed by atoms with E-state index in [2.05, 4.69) is 26.6 Å². The second-order valence-corrected chi connectivity index (χ2v) is 28.5. The quantitative estimate of drug-likeness (QED) is 0.0599.